The Balaban J connectivity index is 1.71. The molecule has 3 rings (SSSR count). The fourth-order valence-electron chi connectivity index (χ4n) is 3.09. The van der Waals surface area contributed by atoms with Gasteiger partial charge in [-0.1, -0.05) is 42.7 Å². The van der Waals surface area contributed by atoms with Crippen LogP contribution in [0.15, 0.2) is 29.4 Å². The molecule has 0 N–H and O–H groups in total. The van der Waals surface area contributed by atoms with E-state index in [2.05, 4.69) is 36.3 Å². The van der Waals surface area contributed by atoms with E-state index in [-0.39, 0.29) is 5.91 Å². The van der Waals surface area contributed by atoms with Crippen LogP contribution in [-0.4, -0.2) is 22.7 Å². The maximum Gasteiger partial charge on any atom is 0.248 e. The number of amides is 1. The molecule has 0 saturated heterocycles. The molecule has 1 aliphatic heterocycles. The highest BCUT2D eigenvalue weighted by Crippen LogP contribution is 2.27. The normalized spacial score (nSPS) is 20.2. The van der Waals surface area contributed by atoms with Crippen LogP contribution in [0.3, 0.4) is 0 Å². The largest absolute Gasteiger partial charge is 0.273 e. The van der Waals surface area contributed by atoms with Gasteiger partial charge in [-0.3, -0.25) is 4.79 Å². The Kier molecular flexibility index (Phi) is 3.36. The highest BCUT2D eigenvalue weighted by molar-refractivity contribution is 6.05. The number of nitrogens with zero attached hydrogens (tertiary/aromatic N) is 2. The maximum absolute atomic E-state index is 12.0. The van der Waals surface area contributed by atoms with Gasteiger partial charge in [0, 0.05) is 6.42 Å². The van der Waals surface area contributed by atoms with E-state index in [1.165, 1.54) is 24.0 Å². The lowest BCUT2D eigenvalue weighted by molar-refractivity contribution is -0.130. The molecule has 1 saturated carbocycles. The molecule has 19 heavy (non-hydrogen) atoms. The van der Waals surface area contributed by atoms with Crippen molar-refractivity contribution in [2.24, 2.45) is 5.10 Å². The predicted octanol–water partition coefficient (Wildman–Crippen LogP) is 3.07. The van der Waals surface area contributed by atoms with Crippen molar-refractivity contribution in [2.75, 3.05) is 0 Å². The van der Waals surface area contributed by atoms with E-state index < -0.39 is 0 Å². The number of carbonyl (C=O) groups excluding carboxylic acids is 1. The number of carbonyl (C=O) groups is 1. The summed E-state index contributed by atoms with van der Waals surface area (Å²) in [7, 11) is 0. The average molecular weight is 256 g/mol. The van der Waals surface area contributed by atoms with Crippen molar-refractivity contribution in [2.45, 2.75) is 51.5 Å². The van der Waals surface area contributed by atoms with Crippen LogP contribution in [0.5, 0.6) is 0 Å². The van der Waals surface area contributed by atoms with E-state index in [0.29, 0.717) is 12.5 Å². The number of aryl methyl sites for hydroxylation is 1. The van der Waals surface area contributed by atoms with E-state index in [4.69, 9.17) is 0 Å². The number of benzene rings is 1. The van der Waals surface area contributed by atoms with Crippen molar-refractivity contribution in [3.63, 3.8) is 0 Å². The lowest BCUT2D eigenvalue weighted by atomic mass is 10.0. The zero-order valence-corrected chi connectivity index (χ0v) is 11.4. The van der Waals surface area contributed by atoms with Gasteiger partial charge in [0.15, 0.2) is 0 Å². The van der Waals surface area contributed by atoms with Gasteiger partial charge in [-0.25, -0.2) is 5.01 Å². The Morgan fingerprint density at radius 3 is 2.84 bits per heavy atom. The van der Waals surface area contributed by atoms with Gasteiger partial charge >= 0.3 is 0 Å². The van der Waals surface area contributed by atoms with Crippen LogP contribution >= 0.6 is 0 Å². The first kappa shape index (κ1) is 12.4. The second-order valence-electron chi connectivity index (χ2n) is 5.69. The van der Waals surface area contributed by atoms with Gasteiger partial charge < -0.3 is 0 Å². The molecule has 0 atom stereocenters. The van der Waals surface area contributed by atoms with E-state index >= 15 is 0 Å². The summed E-state index contributed by atoms with van der Waals surface area (Å²) in [6, 6.07) is 8.80. The lowest BCUT2D eigenvalue weighted by Gasteiger charge is -2.19. The van der Waals surface area contributed by atoms with Crippen molar-refractivity contribution < 1.29 is 4.79 Å². The first-order valence-electron chi connectivity index (χ1n) is 7.16. The summed E-state index contributed by atoms with van der Waals surface area (Å²) in [6.07, 6.45) is 6.01. The molecule has 0 spiro atoms. The molecule has 100 valence electrons. The minimum absolute atomic E-state index is 0.189. The van der Waals surface area contributed by atoms with E-state index in [1.54, 1.807) is 5.01 Å². The molecule has 0 unspecified atom stereocenters. The minimum atomic E-state index is 0.189. The molecule has 1 aromatic rings. The zero-order valence-electron chi connectivity index (χ0n) is 11.4. The first-order valence-corrected chi connectivity index (χ1v) is 7.16. The van der Waals surface area contributed by atoms with E-state index in [1.807, 2.05) is 0 Å². The van der Waals surface area contributed by atoms with Crippen LogP contribution < -0.4 is 0 Å². The van der Waals surface area contributed by atoms with Gasteiger partial charge in [-0.05, 0) is 25.3 Å². The first-order chi connectivity index (χ1) is 9.22. The third-order valence-corrected chi connectivity index (χ3v) is 4.02. The molecular formula is C16H20N2O. The van der Waals surface area contributed by atoms with E-state index in [0.717, 1.165) is 25.0 Å². The van der Waals surface area contributed by atoms with Crippen LogP contribution in [-0.2, 0) is 11.2 Å². The molecule has 1 fully saturated rings. The molecule has 0 radical (unpaired) electrons. The van der Waals surface area contributed by atoms with Gasteiger partial charge in [-0.2, -0.15) is 5.10 Å². The smallest absolute Gasteiger partial charge is 0.248 e. The number of hydrogen-bond acceptors (Lipinski definition) is 2. The fourth-order valence-corrected chi connectivity index (χ4v) is 3.09. The summed E-state index contributed by atoms with van der Waals surface area (Å²) in [5, 5.41) is 6.34. The topological polar surface area (TPSA) is 32.7 Å². The summed E-state index contributed by atoms with van der Waals surface area (Å²) in [5.74, 6) is 0.189. The molecule has 1 aliphatic carbocycles. The number of rotatable bonds is 3. The summed E-state index contributed by atoms with van der Waals surface area (Å²) < 4.78 is 0. The Bertz CT molecular complexity index is 515. The Hall–Kier alpha value is -1.64. The summed E-state index contributed by atoms with van der Waals surface area (Å²) in [6.45, 7) is 2.09. The number of hydrogen-bond donors (Lipinski definition) is 0. The number of hydrazone groups is 1. The minimum Gasteiger partial charge on any atom is -0.273 e. The molecule has 3 nitrogen and oxygen atoms in total. The van der Waals surface area contributed by atoms with Crippen LogP contribution in [0, 0.1) is 6.92 Å². The van der Waals surface area contributed by atoms with Crippen LogP contribution in [0.25, 0.3) is 0 Å². The quantitative estimate of drug-likeness (QED) is 0.818. The van der Waals surface area contributed by atoms with Crippen LogP contribution in [0.4, 0.5) is 0 Å². The fraction of sp³-hybridized carbons (Fsp3) is 0.500. The van der Waals surface area contributed by atoms with Crippen molar-refractivity contribution in [3.8, 4) is 0 Å². The zero-order chi connectivity index (χ0) is 13.2. The standard InChI is InChI=1S/C16H20N2O/c1-12-5-4-6-13(9-12)10-14-11-16(19)18(17-14)15-7-2-3-8-15/h4-6,9,15H,2-3,7-8,10-11H2,1H3. The third kappa shape index (κ3) is 2.70. The third-order valence-electron chi connectivity index (χ3n) is 4.02. The Morgan fingerprint density at radius 2 is 2.11 bits per heavy atom. The highest BCUT2D eigenvalue weighted by atomic mass is 16.2. The molecule has 0 aromatic heterocycles. The van der Waals surface area contributed by atoms with Crippen molar-refractivity contribution >= 4 is 11.6 Å². The molecule has 2 aliphatic rings. The second-order valence-corrected chi connectivity index (χ2v) is 5.69. The predicted molar refractivity (Wildman–Crippen MR) is 76.0 cm³/mol. The van der Waals surface area contributed by atoms with Crippen LogP contribution in [0.2, 0.25) is 0 Å². The lowest BCUT2D eigenvalue weighted by Crippen LogP contribution is -2.30. The van der Waals surface area contributed by atoms with E-state index in [9.17, 15) is 4.79 Å². The van der Waals surface area contributed by atoms with Gasteiger partial charge in [0.1, 0.15) is 0 Å². The van der Waals surface area contributed by atoms with Crippen LogP contribution in [0.1, 0.15) is 43.2 Å². The van der Waals surface area contributed by atoms with Gasteiger partial charge in [-0.15, -0.1) is 0 Å². The summed E-state index contributed by atoms with van der Waals surface area (Å²) >= 11 is 0. The summed E-state index contributed by atoms with van der Waals surface area (Å²) in [5.41, 5.74) is 3.53. The summed E-state index contributed by atoms with van der Waals surface area (Å²) in [4.78, 5) is 12.0. The SMILES string of the molecule is Cc1cccc(CC2=NN(C3CCCC3)C(=O)C2)c1. The molecule has 1 heterocycles. The molecule has 0 bridgehead atoms. The molecule has 1 aromatic carbocycles. The van der Waals surface area contributed by atoms with Crippen molar-refractivity contribution in [1.82, 2.24) is 5.01 Å². The molecule has 3 heteroatoms. The van der Waals surface area contributed by atoms with Crippen molar-refractivity contribution in [1.29, 1.82) is 0 Å². The monoisotopic (exact) mass is 256 g/mol. The molecule has 1 amide bonds. The molecular weight excluding hydrogens is 236 g/mol. The maximum atomic E-state index is 12.0. The average Bonchev–Trinajstić information content (AvgIpc) is 2.98. The second kappa shape index (κ2) is 5.16. The Labute approximate surface area is 114 Å². The van der Waals surface area contributed by atoms with Gasteiger partial charge in [0.2, 0.25) is 5.91 Å². The highest BCUT2D eigenvalue weighted by Gasteiger charge is 2.31. The Morgan fingerprint density at radius 1 is 1.32 bits per heavy atom. The van der Waals surface area contributed by atoms with Gasteiger partial charge in [0.25, 0.3) is 0 Å². The van der Waals surface area contributed by atoms with Crippen molar-refractivity contribution in [3.05, 3.63) is 35.4 Å². The van der Waals surface area contributed by atoms with Gasteiger partial charge in [0.05, 0.1) is 18.2 Å².